The van der Waals surface area contributed by atoms with Crippen LogP contribution in [0.1, 0.15) is 24.8 Å². The number of benzene rings is 1. The van der Waals surface area contributed by atoms with Crippen LogP contribution in [0.2, 0.25) is 0 Å². The second-order valence-corrected chi connectivity index (χ2v) is 3.89. The first-order valence-corrected chi connectivity index (χ1v) is 4.70. The third-order valence-corrected chi connectivity index (χ3v) is 2.82. The molecule has 2 heteroatoms. The van der Waals surface area contributed by atoms with E-state index in [1.807, 2.05) is 19.1 Å². The molecule has 70 valence electrons. The lowest BCUT2D eigenvalue weighted by Gasteiger charge is -2.04. The molecule has 1 aliphatic rings. The molecule has 1 aromatic carbocycles. The molecule has 3 atom stereocenters. The third kappa shape index (κ3) is 1.59. The number of rotatable bonds is 2. The minimum atomic E-state index is -0.0874. The Kier molecular flexibility index (Phi) is 2.08. The fourth-order valence-corrected chi connectivity index (χ4v) is 1.93. The van der Waals surface area contributed by atoms with E-state index in [-0.39, 0.29) is 11.9 Å². The number of hydrogen-bond donors (Lipinski definition) is 1. The molecule has 2 N–H and O–H groups in total. The summed E-state index contributed by atoms with van der Waals surface area (Å²) < 4.78 is 13.3. The van der Waals surface area contributed by atoms with Crippen LogP contribution in [0.5, 0.6) is 0 Å². The van der Waals surface area contributed by atoms with Crippen molar-refractivity contribution in [1.82, 2.24) is 0 Å². The SMILES string of the molecule is CC(N)C1CC1c1ccccc1F. The molecular weight excluding hydrogens is 165 g/mol. The van der Waals surface area contributed by atoms with Crippen molar-refractivity contribution >= 4 is 0 Å². The van der Waals surface area contributed by atoms with Gasteiger partial charge in [-0.05, 0) is 36.8 Å². The zero-order valence-corrected chi connectivity index (χ0v) is 7.70. The van der Waals surface area contributed by atoms with Gasteiger partial charge in [0, 0.05) is 6.04 Å². The fraction of sp³-hybridized carbons (Fsp3) is 0.455. The van der Waals surface area contributed by atoms with Gasteiger partial charge < -0.3 is 5.73 Å². The van der Waals surface area contributed by atoms with Gasteiger partial charge in [0.05, 0.1) is 0 Å². The molecule has 1 saturated carbocycles. The van der Waals surface area contributed by atoms with Gasteiger partial charge in [-0.25, -0.2) is 4.39 Å². The molecule has 13 heavy (non-hydrogen) atoms. The van der Waals surface area contributed by atoms with E-state index in [9.17, 15) is 4.39 Å². The van der Waals surface area contributed by atoms with Gasteiger partial charge in [0.25, 0.3) is 0 Å². The lowest BCUT2D eigenvalue weighted by molar-refractivity contribution is 0.589. The third-order valence-electron chi connectivity index (χ3n) is 2.82. The molecule has 0 heterocycles. The highest BCUT2D eigenvalue weighted by molar-refractivity contribution is 5.28. The number of halogens is 1. The zero-order valence-electron chi connectivity index (χ0n) is 7.70. The Morgan fingerprint density at radius 1 is 1.46 bits per heavy atom. The second-order valence-electron chi connectivity index (χ2n) is 3.89. The lowest BCUT2D eigenvalue weighted by Crippen LogP contribution is -2.18. The Balaban J connectivity index is 2.16. The Morgan fingerprint density at radius 3 is 2.69 bits per heavy atom. The van der Waals surface area contributed by atoms with Crippen LogP contribution in [-0.2, 0) is 0 Å². The van der Waals surface area contributed by atoms with E-state index in [2.05, 4.69) is 0 Å². The van der Waals surface area contributed by atoms with Crippen LogP contribution in [0, 0.1) is 11.7 Å². The first-order valence-electron chi connectivity index (χ1n) is 4.70. The molecule has 1 aromatic rings. The highest BCUT2D eigenvalue weighted by Crippen LogP contribution is 2.49. The summed E-state index contributed by atoms with van der Waals surface area (Å²) >= 11 is 0. The predicted octanol–water partition coefficient (Wildman–Crippen LogP) is 2.28. The van der Waals surface area contributed by atoms with Crippen molar-refractivity contribution in [1.29, 1.82) is 0 Å². The van der Waals surface area contributed by atoms with Crippen molar-refractivity contribution in [3.8, 4) is 0 Å². The average Bonchev–Trinajstić information content (AvgIpc) is 2.84. The van der Waals surface area contributed by atoms with Gasteiger partial charge in [0.1, 0.15) is 5.82 Å². The monoisotopic (exact) mass is 179 g/mol. The Bertz CT molecular complexity index is 309. The summed E-state index contributed by atoms with van der Waals surface area (Å²) in [6, 6.07) is 7.18. The maximum atomic E-state index is 13.3. The van der Waals surface area contributed by atoms with E-state index >= 15 is 0 Å². The van der Waals surface area contributed by atoms with Crippen LogP contribution in [0.25, 0.3) is 0 Å². The molecule has 0 aliphatic heterocycles. The average molecular weight is 179 g/mol. The molecular formula is C11H14FN. The number of nitrogens with two attached hydrogens (primary N) is 1. The fourth-order valence-electron chi connectivity index (χ4n) is 1.93. The molecule has 0 aromatic heterocycles. The van der Waals surface area contributed by atoms with Crippen LogP contribution >= 0.6 is 0 Å². The quantitative estimate of drug-likeness (QED) is 0.740. The normalized spacial score (nSPS) is 28.5. The molecule has 1 aliphatic carbocycles. The smallest absolute Gasteiger partial charge is 0.126 e. The lowest BCUT2D eigenvalue weighted by atomic mass is 10.1. The Hall–Kier alpha value is -0.890. The van der Waals surface area contributed by atoms with Crippen LogP contribution in [0.3, 0.4) is 0 Å². The zero-order chi connectivity index (χ0) is 9.42. The second kappa shape index (κ2) is 3.11. The Morgan fingerprint density at radius 2 is 2.15 bits per heavy atom. The standard InChI is InChI=1S/C11H14FN/c1-7(13)9-6-10(9)8-4-2-3-5-11(8)12/h2-5,7,9-10H,6,13H2,1H3. The summed E-state index contributed by atoms with van der Waals surface area (Å²) in [4.78, 5) is 0. The molecule has 0 amide bonds. The van der Waals surface area contributed by atoms with Crippen molar-refractivity contribution in [3.63, 3.8) is 0 Å². The molecule has 0 saturated heterocycles. The van der Waals surface area contributed by atoms with Gasteiger partial charge in [0.2, 0.25) is 0 Å². The van der Waals surface area contributed by atoms with Gasteiger partial charge in [-0.1, -0.05) is 18.2 Å². The molecule has 1 nitrogen and oxygen atoms in total. The minimum absolute atomic E-state index is 0.0874. The molecule has 0 radical (unpaired) electrons. The van der Waals surface area contributed by atoms with Gasteiger partial charge in [-0.3, -0.25) is 0 Å². The summed E-state index contributed by atoms with van der Waals surface area (Å²) in [5.41, 5.74) is 6.59. The summed E-state index contributed by atoms with van der Waals surface area (Å²) in [6.07, 6.45) is 1.04. The van der Waals surface area contributed by atoms with Gasteiger partial charge in [-0.15, -0.1) is 0 Å². The topological polar surface area (TPSA) is 26.0 Å². The number of hydrogen-bond acceptors (Lipinski definition) is 1. The molecule has 3 unspecified atom stereocenters. The molecule has 0 spiro atoms. The van der Waals surface area contributed by atoms with E-state index in [4.69, 9.17) is 5.73 Å². The predicted molar refractivity (Wildman–Crippen MR) is 50.9 cm³/mol. The van der Waals surface area contributed by atoms with Crippen molar-refractivity contribution in [3.05, 3.63) is 35.6 Å². The van der Waals surface area contributed by atoms with Crippen molar-refractivity contribution in [2.45, 2.75) is 25.3 Å². The van der Waals surface area contributed by atoms with E-state index in [1.165, 1.54) is 6.07 Å². The first kappa shape index (κ1) is 8.70. The van der Waals surface area contributed by atoms with E-state index in [0.29, 0.717) is 11.8 Å². The molecule has 0 bridgehead atoms. The van der Waals surface area contributed by atoms with E-state index < -0.39 is 0 Å². The van der Waals surface area contributed by atoms with Crippen molar-refractivity contribution in [2.24, 2.45) is 11.7 Å². The highest BCUT2D eigenvalue weighted by atomic mass is 19.1. The van der Waals surface area contributed by atoms with Crippen LogP contribution in [0.4, 0.5) is 4.39 Å². The minimum Gasteiger partial charge on any atom is -0.328 e. The summed E-state index contributed by atoms with van der Waals surface area (Å²) in [5.74, 6) is 0.758. The van der Waals surface area contributed by atoms with Crippen molar-refractivity contribution in [2.75, 3.05) is 0 Å². The summed E-state index contributed by atoms with van der Waals surface area (Å²) in [7, 11) is 0. The summed E-state index contributed by atoms with van der Waals surface area (Å²) in [6.45, 7) is 1.99. The van der Waals surface area contributed by atoms with Crippen LogP contribution < -0.4 is 5.73 Å². The van der Waals surface area contributed by atoms with Gasteiger partial charge in [-0.2, -0.15) is 0 Å². The largest absolute Gasteiger partial charge is 0.328 e. The van der Waals surface area contributed by atoms with E-state index in [0.717, 1.165) is 12.0 Å². The maximum Gasteiger partial charge on any atom is 0.126 e. The van der Waals surface area contributed by atoms with Crippen LogP contribution in [0.15, 0.2) is 24.3 Å². The maximum absolute atomic E-state index is 13.3. The van der Waals surface area contributed by atoms with Crippen molar-refractivity contribution < 1.29 is 4.39 Å². The van der Waals surface area contributed by atoms with Crippen LogP contribution in [-0.4, -0.2) is 6.04 Å². The van der Waals surface area contributed by atoms with Gasteiger partial charge >= 0.3 is 0 Å². The Labute approximate surface area is 77.8 Å². The van der Waals surface area contributed by atoms with E-state index in [1.54, 1.807) is 6.07 Å². The highest BCUT2D eigenvalue weighted by Gasteiger charge is 2.41. The first-order chi connectivity index (χ1) is 6.20. The van der Waals surface area contributed by atoms with Gasteiger partial charge in [0.15, 0.2) is 0 Å². The summed E-state index contributed by atoms with van der Waals surface area (Å²) in [5, 5.41) is 0. The molecule has 2 rings (SSSR count). The molecule has 1 fully saturated rings.